The molecule has 0 aliphatic rings. The van der Waals surface area contributed by atoms with E-state index in [1.54, 1.807) is 0 Å². The quantitative estimate of drug-likeness (QED) is 0.396. The van der Waals surface area contributed by atoms with Crippen molar-refractivity contribution in [1.29, 1.82) is 0 Å². The van der Waals surface area contributed by atoms with Gasteiger partial charge in [0.25, 0.3) is 5.91 Å². The minimum atomic E-state index is -0.0954. The van der Waals surface area contributed by atoms with Crippen molar-refractivity contribution in [2.45, 2.75) is 38.6 Å². The second kappa shape index (κ2) is 9.36. The molecule has 4 rings (SSSR count). The Kier molecular flexibility index (Phi) is 6.38. The van der Waals surface area contributed by atoms with Crippen molar-refractivity contribution >= 4 is 23.2 Å². The van der Waals surface area contributed by atoms with Crippen LogP contribution in [0, 0.1) is 0 Å². The number of halogens is 1. The number of carbonyl (C=O) groups is 1. The summed E-state index contributed by atoms with van der Waals surface area (Å²) in [7, 11) is 0. The number of nitrogens with one attached hydrogen (secondary N) is 1. The lowest BCUT2D eigenvalue weighted by Gasteiger charge is -2.24. The van der Waals surface area contributed by atoms with Crippen molar-refractivity contribution in [3.63, 3.8) is 0 Å². The summed E-state index contributed by atoms with van der Waals surface area (Å²) in [6.45, 7) is 4.22. The molecule has 2 aromatic heterocycles. The molecule has 0 fully saturated rings. The third-order valence-corrected chi connectivity index (χ3v) is 6.01. The Balaban J connectivity index is 1.55. The van der Waals surface area contributed by atoms with Crippen LogP contribution in [0.2, 0.25) is 5.02 Å². The molecule has 4 aromatic rings. The number of benzene rings is 2. The highest BCUT2D eigenvalue weighted by Crippen LogP contribution is 2.23. The number of fused-ring (bicyclic) bond motifs is 1. The number of carbonyl (C=O) groups excluding carboxylic acids is 1. The summed E-state index contributed by atoms with van der Waals surface area (Å²) in [5.74, 6) is 0.0729. The van der Waals surface area contributed by atoms with E-state index >= 15 is 0 Å². The van der Waals surface area contributed by atoms with Crippen molar-refractivity contribution in [1.82, 2.24) is 14.7 Å². The van der Waals surface area contributed by atoms with Gasteiger partial charge in [-0.2, -0.15) is 0 Å². The topological polar surface area (TPSA) is 46.4 Å². The highest BCUT2D eigenvalue weighted by molar-refractivity contribution is 6.30. The van der Waals surface area contributed by atoms with Crippen LogP contribution >= 0.6 is 11.6 Å². The van der Waals surface area contributed by atoms with Gasteiger partial charge in [-0.3, -0.25) is 9.20 Å². The summed E-state index contributed by atoms with van der Waals surface area (Å²) in [6.07, 6.45) is 3.52. The molecule has 1 N–H and O–H groups in total. The minimum absolute atomic E-state index is 0.0104. The molecule has 0 saturated heterocycles. The van der Waals surface area contributed by atoms with Crippen LogP contribution in [0.5, 0.6) is 0 Å². The summed E-state index contributed by atoms with van der Waals surface area (Å²) in [6, 6.07) is 23.7. The summed E-state index contributed by atoms with van der Waals surface area (Å²) in [4.78, 5) is 17.9. The molecule has 0 radical (unpaired) electrons. The first-order chi connectivity index (χ1) is 15.0. The van der Waals surface area contributed by atoms with Gasteiger partial charge in [-0.25, -0.2) is 4.98 Å². The highest BCUT2D eigenvalue weighted by Gasteiger charge is 2.21. The number of hydrogen-bond acceptors (Lipinski definition) is 2. The second-order valence-electron chi connectivity index (χ2n) is 7.86. The Labute approximate surface area is 187 Å². The van der Waals surface area contributed by atoms with Crippen LogP contribution in [0.3, 0.4) is 0 Å². The molecular weight excluding hydrogens is 406 g/mol. The number of pyridine rings is 1. The van der Waals surface area contributed by atoms with Gasteiger partial charge < -0.3 is 5.32 Å². The Bertz CT molecular complexity index is 1170. The number of amides is 1. The van der Waals surface area contributed by atoms with E-state index in [-0.39, 0.29) is 17.9 Å². The van der Waals surface area contributed by atoms with Crippen LogP contribution in [-0.2, 0) is 6.42 Å². The van der Waals surface area contributed by atoms with Crippen LogP contribution in [0.4, 0.5) is 0 Å². The van der Waals surface area contributed by atoms with Crippen LogP contribution < -0.4 is 5.32 Å². The molecule has 0 bridgehead atoms. The zero-order valence-corrected chi connectivity index (χ0v) is 18.5. The van der Waals surface area contributed by atoms with Crippen molar-refractivity contribution in [2.75, 3.05) is 0 Å². The van der Waals surface area contributed by atoms with E-state index in [2.05, 4.69) is 31.3 Å². The number of aromatic nitrogens is 2. The van der Waals surface area contributed by atoms with E-state index in [0.29, 0.717) is 10.7 Å². The molecule has 0 aliphatic carbocycles. The third kappa shape index (κ3) is 4.80. The summed E-state index contributed by atoms with van der Waals surface area (Å²) < 4.78 is 1.88. The van der Waals surface area contributed by atoms with Gasteiger partial charge in [0.05, 0.1) is 5.69 Å². The number of hydrogen-bond donors (Lipinski definition) is 1. The van der Waals surface area contributed by atoms with Gasteiger partial charge in [-0.1, -0.05) is 74.0 Å². The Morgan fingerprint density at radius 3 is 2.48 bits per heavy atom. The molecule has 4 nitrogen and oxygen atoms in total. The maximum Gasteiger partial charge on any atom is 0.268 e. The van der Waals surface area contributed by atoms with Crippen molar-refractivity contribution < 1.29 is 4.79 Å². The first-order valence-electron chi connectivity index (χ1n) is 10.6. The fourth-order valence-electron chi connectivity index (χ4n) is 3.96. The van der Waals surface area contributed by atoms with Crippen molar-refractivity contribution in [2.24, 2.45) is 0 Å². The second-order valence-corrected chi connectivity index (χ2v) is 8.30. The fraction of sp³-hybridized carbons (Fsp3) is 0.231. The maximum atomic E-state index is 13.2. The average Bonchev–Trinajstić information content (AvgIpc) is 3.20. The normalized spacial score (nSPS) is 13.1. The Morgan fingerprint density at radius 2 is 1.77 bits per heavy atom. The average molecular weight is 432 g/mol. The fourth-order valence-corrected chi connectivity index (χ4v) is 4.08. The van der Waals surface area contributed by atoms with Gasteiger partial charge >= 0.3 is 0 Å². The van der Waals surface area contributed by atoms with Gasteiger partial charge in [0.15, 0.2) is 0 Å². The molecule has 0 aliphatic heterocycles. The Morgan fingerprint density at radius 1 is 1.03 bits per heavy atom. The standard InChI is InChI=1S/C26H26ClN3O/c1-3-23(18(2)20-12-14-21(27)15-13-20)29-26(31)24-10-7-11-25-28-22(17-30(24)25)16-19-8-5-4-6-9-19/h4-15,17-18,23H,3,16H2,1-2H3,(H,29,31). The smallest absolute Gasteiger partial charge is 0.268 e. The molecule has 5 heteroatoms. The van der Waals surface area contributed by atoms with E-state index in [4.69, 9.17) is 16.6 Å². The lowest BCUT2D eigenvalue weighted by atomic mass is 9.91. The number of nitrogens with zero attached hydrogens (tertiary/aromatic N) is 2. The lowest BCUT2D eigenvalue weighted by molar-refractivity contribution is 0.0924. The first kappa shape index (κ1) is 21.1. The lowest BCUT2D eigenvalue weighted by Crippen LogP contribution is -2.38. The van der Waals surface area contributed by atoms with E-state index in [1.165, 1.54) is 5.56 Å². The van der Waals surface area contributed by atoms with Crippen LogP contribution in [0.1, 0.15) is 53.5 Å². The largest absolute Gasteiger partial charge is 0.347 e. The highest BCUT2D eigenvalue weighted by atomic mass is 35.5. The van der Waals surface area contributed by atoms with Crippen molar-refractivity contribution in [3.8, 4) is 0 Å². The van der Waals surface area contributed by atoms with Gasteiger partial charge in [0, 0.05) is 29.6 Å². The SMILES string of the molecule is CCC(NC(=O)c1cccc2nc(Cc3ccccc3)cn12)C(C)c1ccc(Cl)cc1. The van der Waals surface area contributed by atoms with Gasteiger partial charge in [-0.15, -0.1) is 0 Å². The number of rotatable bonds is 7. The monoisotopic (exact) mass is 431 g/mol. The maximum absolute atomic E-state index is 13.2. The van der Waals surface area contributed by atoms with E-state index < -0.39 is 0 Å². The molecule has 2 heterocycles. The molecule has 0 spiro atoms. The predicted molar refractivity (Wildman–Crippen MR) is 126 cm³/mol. The zero-order valence-electron chi connectivity index (χ0n) is 17.8. The molecule has 1 amide bonds. The van der Waals surface area contributed by atoms with Crippen molar-refractivity contribution in [3.05, 3.63) is 107 Å². The van der Waals surface area contributed by atoms with Crippen LogP contribution in [-0.4, -0.2) is 21.3 Å². The summed E-state index contributed by atoms with van der Waals surface area (Å²) >= 11 is 6.02. The van der Waals surface area contributed by atoms with Gasteiger partial charge in [0.1, 0.15) is 11.3 Å². The molecule has 2 unspecified atom stereocenters. The van der Waals surface area contributed by atoms with Gasteiger partial charge in [-0.05, 0) is 41.8 Å². The van der Waals surface area contributed by atoms with E-state index in [9.17, 15) is 4.79 Å². The summed E-state index contributed by atoms with van der Waals surface area (Å²) in [5, 5.41) is 3.94. The molecule has 2 atom stereocenters. The molecule has 0 saturated carbocycles. The van der Waals surface area contributed by atoms with E-state index in [1.807, 2.05) is 71.3 Å². The summed E-state index contributed by atoms with van der Waals surface area (Å²) in [5.41, 5.74) is 4.65. The molecule has 31 heavy (non-hydrogen) atoms. The zero-order chi connectivity index (χ0) is 21.8. The van der Waals surface area contributed by atoms with Crippen LogP contribution in [0.15, 0.2) is 79.0 Å². The van der Waals surface area contributed by atoms with Crippen LogP contribution in [0.25, 0.3) is 5.65 Å². The van der Waals surface area contributed by atoms with E-state index in [0.717, 1.165) is 29.7 Å². The molecule has 2 aromatic carbocycles. The molecule has 158 valence electrons. The number of imidazole rings is 1. The third-order valence-electron chi connectivity index (χ3n) is 5.76. The molecular formula is C26H26ClN3O. The predicted octanol–water partition coefficient (Wildman–Crippen LogP) is 5.89. The first-order valence-corrected chi connectivity index (χ1v) is 11.0. The van der Waals surface area contributed by atoms with Gasteiger partial charge in [0.2, 0.25) is 0 Å². The minimum Gasteiger partial charge on any atom is -0.347 e. The Hall–Kier alpha value is -3.11.